The molecule has 0 bridgehead atoms. The van der Waals surface area contributed by atoms with Crippen LogP contribution in [-0.4, -0.2) is 10.5 Å². The molecule has 0 aliphatic carbocycles. The quantitative estimate of drug-likeness (QED) is 0.546. The molecule has 0 saturated heterocycles. The highest BCUT2D eigenvalue weighted by Gasteiger charge is 2.20. The molecule has 0 N–H and O–H groups in total. The average molecular weight is 294 g/mol. The maximum atomic E-state index is 13.5. The highest BCUT2D eigenvalue weighted by Crippen LogP contribution is 2.30. The number of hydrogen-bond donors (Lipinski definition) is 0. The summed E-state index contributed by atoms with van der Waals surface area (Å²) >= 11 is 1.93. The fourth-order valence-electron chi connectivity index (χ4n) is 2.39. The third-order valence-corrected chi connectivity index (χ3v) is 4.78. The van der Waals surface area contributed by atoms with Crippen LogP contribution in [0, 0.1) is 5.82 Å². The van der Waals surface area contributed by atoms with E-state index < -0.39 is 0 Å². The molecule has 1 rings (SSSR count). The van der Waals surface area contributed by atoms with Gasteiger partial charge in [-0.3, -0.25) is 0 Å². The minimum absolute atomic E-state index is 0.129. The van der Waals surface area contributed by atoms with Crippen LogP contribution in [0.2, 0.25) is 0 Å². The third-order valence-electron chi connectivity index (χ3n) is 3.57. The topological polar surface area (TPSA) is 0 Å². The lowest BCUT2D eigenvalue weighted by molar-refractivity contribution is 0.618. The zero-order valence-corrected chi connectivity index (χ0v) is 14.1. The number of allylic oxidation sites excluding steroid dienone is 1. The summed E-state index contributed by atoms with van der Waals surface area (Å²) in [6.07, 6.45) is 3.90. The van der Waals surface area contributed by atoms with Crippen molar-refractivity contribution in [1.82, 2.24) is 0 Å². The van der Waals surface area contributed by atoms with Gasteiger partial charge in [-0.15, -0.1) is 0 Å². The standard InChI is InChI=1S/C18H27FS/c1-6-14(3)8-9-15-10-11-17(19)12-16(15)13-18(4,5)20-7-2/h10-12H,3,6-9,13H2,1-2,4-5H3. The third kappa shape index (κ3) is 5.70. The van der Waals surface area contributed by atoms with Crippen molar-refractivity contribution in [2.75, 3.05) is 5.75 Å². The van der Waals surface area contributed by atoms with E-state index in [0.29, 0.717) is 0 Å². The molecule has 0 fully saturated rings. The van der Waals surface area contributed by atoms with Gasteiger partial charge in [0.25, 0.3) is 0 Å². The first-order valence-electron chi connectivity index (χ1n) is 7.46. The molecule has 2 heteroatoms. The fourth-order valence-corrected chi connectivity index (χ4v) is 3.43. The Hall–Kier alpha value is -0.760. The van der Waals surface area contributed by atoms with Gasteiger partial charge in [0.1, 0.15) is 5.82 Å². The molecule has 0 unspecified atom stereocenters. The SMILES string of the molecule is C=C(CC)CCc1ccc(F)cc1CC(C)(C)SCC. The molecule has 0 saturated carbocycles. The van der Waals surface area contributed by atoms with Gasteiger partial charge in [0.2, 0.25) is 0 Å². The van der Waals surface area contributed by atoms with E-state index in [-0.39, 0.29) is 10.6 Å². The van der Waals surface area contributed by atoms with Gasteiger partial charge in [0, 0.05) is 4.75 Å². The van der Waals surface area contributed by atoms with Crippen LogP contribution in [-0.2, 0) is 12.8 Å². The highest BCUT2D eigenvalue weighted by molar-refractivity contribution is 8.00. The number of thioether (sulfide) groups is 1. The van der Waals surface area contributed by atoms with Gasteiger partial charge in [-0.2, -0.15) is 11.8 Å². The summed E-state index contributed by atoms with van der Waals surface area (Å²) in [6.45, 7) is 12.8. The molecule has 0 heterocycles. The van der Waals surface area contributed by atoms with Crippen LogP contribution >= 0.6 is 11.8 Å². The van der Waals surface area contributed by atoms with E-state index in [4.69, 9.17) is 0 Å². The van der Waals surface area contributed by atoms with Crippen molar-refractivity contribution in [3.8, 4) is 0 Å². The van der Waals surface area contributed by atoms with E-state index in [0.717, 1.165) is 37.0 Å². The summed E-state index contributed by atoms with van der Waals surface area (Å²) < 4.78 is 13.7. The highest BCUT2D eigenvalue weighted by atomic mass is 32.2. The van der Waals surface area contributed by atoms with E-state index in [1.807, 2.05) is 17.8 Å². The maximum Gasteiger partial charge on any atom is 0.123 e. The molecular formula is C18H27FS. The lowest BCUT2D eigenvalue weighted by atomic mass is 9.93. The van der Waals surface area contributed by atoms with Crippen LogP contribution in [0.3, 0.4) is 0 Å². The van der Waals surface area contributed by atoms with Crippen LogP contribution in [0.1, 0.15) is 51.7 Å². The summed E-state index contributed by atoms with van der Waals surface area (Å²) in [7, 11) is 0. The maximum absolute atomic E-state index is 13.5. The molecule has 20 heavy (non-hydrogen) atoms. The largest absolute Gasteiger partial charge is 0.207 e. The van der Waals surface area contributed by atoms with Crippen molar-refractivity contribution in [3.63, 3.8) is 0 Å². The number of hydrogen-bond acceptors (Lipinski definition) is 1. The predicted octanol–water partition coefficient (Wildman–Crippen LogP) is 5.80. The van der Waals surface area contributed by atoms with Crippen LogP contribution < -0.4 is 0 Å². The van der Waals surface area contributed by atoms with Crippen molar-refractivity contribution in [2.24, 2.45) is 0 Å². The number of aryl methyl sites for hydroxylation is 1. The molecule has 0 aromatic heterocycles. The Kier molecular flexibility index (Phi) is 6.81. The van der Waals surface area contributed by atoms with Gasteiger partial charge >= 0.3 is 0 Å². The van der Waals surface area contributed by atoms with Crippen molar-refractivity contribution in [2.45, 2.75) is 58.1 Å². The van der Waals surface area contributed by atoms with Crippen LogP contribution in [0.4, 0.5) is 4.39 Å². The molecular weight excluding hydrogens is 267 g/mol. The molecule has 0 nitrogen and oxygen atoms in total. The zero-order chi connectivity index (χ0) is 15.2. The summed E-state index contributed by atoms with van der Waals surface area (Å²) in [5, 5.41) is 0. The first-order valence-corrected chi connectivity index (χ1v) is 8.44. The van der Waals surface area contributed by atoms with Gasteiger partial charge in [-0.05, 0) is 54.7 Å². The van der Waals surface area contributed by atoms with Crippen molar-refractivity contribution in [3.05, 3.63) is 47.3 Å². The lowest BCUT2D eigenvalue weighted by Crippen LogP contribution is -2.20. The van der Waals surface area contributed by atoms with E-state index in [1.165, 1.54) is 11.1 Å². The van der Waals surface area contributed by atoms with Crippen LogP contribution in [0.5, 0.6) is 0 Å². The summed E-state index contributed by atoms with van der Waals surface area (Å²) in [6, 6.07) is 5.23. The van der Waals surface area contributed by atoms with Gasteiger partial charge in [0.15, 0.2) is 0 Å². The summed E-state index contributed by atoms with van der Waals surface area (Å²) in [5.41, 5.74) is 3.69. The first kappa shape index (κ1) is 17.3. The number of benzene rings is 1. The first-order chi connectivity index (χ1) is 9.38. The fraction of sp³-hybridized carbons (Fsp3) is 0.556. The van der Waals surface area contributed by atoms with Crippen molar-refractivity contribution < 1.29 is 4.39 Å². The second kappa shape index (κ2) is 7.87. The van der Waals surface area contributed by atoms with E-state index >= 15 is 0 Å². The average Bonchev–Trinajstić information content (AvgIpc) is 2.36. The predicted molar refractivity (Wildman–Crippen MR) is 90.1 cm³/mol. The zero-order valence-electron chi connectivity index (χ0n) is 13.3. The molecule has 112 valence electrons. The molecule has 0 aliphatic rings. The molecule has 0 amide bonds. The Morgan fingerprint density at radius 2 is 1.95 bits per heavy atom. The summed E-state index contributed by atoms with van der Waals surface area (Å²) in [5.74, 6) is 0.958. The van der Waals surface area contributed by atoms with E-state index in [1.54, 1.807) is 12.1 Å². The van der Waals surface area contributed by atoms with Crippen LogP contribution in [0.25, 0.3) is 0 Å². The van der Waals surface area contributed by atoms with Gasteiger partial charge in [-0.25, -0.2) is 4.39 Å². The Bertz CT molecular complexity index is 449. The second-order valence-electron chi connectivity index (χ2n) is 5.89. The van der Waals surface area contributed by atoms with E-state index in [2.05, 4.69) is 34.3 Å². The lowest BCUT2D eigenvalue weighted by Gasteiger charge is -2.25. The normalized spacial score (nSPS) is 11.7. The molecule has 0 spiro atoms. The van der Waals surface area contributed by atoms with E-state index in [9.17, 15) is 4.39 Å². The monoisotopic (exact) mass is 294 g/mol. The molecule has 1 aromatic carbocycles. The molecule has 0 aliphatic heterocycles. The Morgan fingerprint density at radius 1 is 1.25 bits per heavy atom. The number of rotatable bonds is 8. The molecule has 0 radical (unpaired) electrons. The number of halogens is 1. The van der Waals surface area contributed by atoms with Gasteiger partial charge in [-0.1, -0.05) is 45.9 Å². The van der Waals surface area contributed by atoms with Gasteiger partial charge < -0.3 is 0 Å². The Balaban J connectivity index is 2.87. The van der Waals surface area contributed by atoms with Crippen LogP contribution in [0.15, 0.2) is 30.4 Å². The minimum Gasteiger partial charge on any atom is -0.207 e. The van der Waals surface area contributed by atoms with Crippen molar-refractivity contribution in [1.29, 1.82) is 0 Å². The van der Waals surface area contributed by atoms with Gasteiger partial charge in [0.05, 0.1) is 0 Å². The second-order valence-corrected chi connectivity index (χ2v) is 7.86. The smallest absolute Gasteiger partial charge is 0.123 e. The summed E-state index contributed by atoms with van der Waals surface area (Å²) in [4.78, 5) is 0. The molecule has 1 aromatic rings. The van der Waals surface area contributed by atoms with Crippen molar-refractivity contribution >= 4 is 11.8 Å². The Morgan fingerprint density at radius 3 is 2.55 bits per heavy atom. The minimum atomic E-state index is -0.129. The molecule has 0 atom stereocenters. The Labute approximate surface area is 127 Å².